The summed E-state index contributed by atoms with van der Waals surface area (Å²) in [6.45, 7) is 2.80. The van der Waals surface area contributed by atoms with Crippen LogP contribution in [-0.4, -0.2) is 41.9 Å². The zero-order valence-corrected chi connectivity index (χ0v) is 11.5. The fourth-order valence-electron chi connectivity index (χ4n) is 1.53. The quantitative estimate of drug-likeness (QED) is 0.899. The van der Waals surface area contributed by atoms with Crippen LogP contribution in [-0.2, 0) is 0 Å². The van der Waals surface area contributed by atoms with Crippen molar-refractivity contribution >= 4 is 11.7 Å². The van der Waals surface area contributed by atoms with Crippen molar-refractivity contribution < 1.29 is 23.1 Å². The van der Waals surface area contributed by atoms with Crippen LogP contribution in [0.1, 0.15) is 11.1 Å². The summed E-state index contributed by atoms with van der Waals surface area (Å²) in [5.74, 6) is 0. The van der Waals surface area contributed by atoms with Gasteiger partial charge in [-0.3, -0.25) is 0 Å². The number of aliphatic hydroxyl groups excluding tert-OH is 1. The van der Waals surface area contributed by atoms with Crippen molar-refractivity contribution in [1.29, 1.82) is 0 Å². The Balaban J connectivity index is 2.69. The molecule has 7 heteroatoms. The molecule has 1 aromatic rings. The maximum absolute atomic E-state index is 12.2. The normalized spacial score (nSPS) is 12.9. The highest BCUT2D eigenvalue weighted by Gasteiger charge is 2.39. The van der Waals surface area contributed by atoms with Crippen LogP contribution in [0.25, 0.3) is 0 Å². The zero-order chi connectivity index (χ0) is 15.5. The van der Waals surface area contributed by atoms with Crippen LogP contribution in [0, 0.1) is 13.8 Å². The molecule has 0 spiro atoms. The average Bonchev–Trinajstić information content (AvgIpc) is 2.32. The van der Waals surface area contributed by atoms with E-state index in [1.165, 1.54) is 7.05 Å². The van der Waals surface area contributed by atoms with Crippen LogP contribution in [0.15, 0.2) is 18.2 Å². The van der Waals surface area contributed by atoms with Gasteiger partial charge in [0.25, 0.3) is 0 Å². The minimum Gasteiger partial charge on any atom is -0.382 e. The lowest BCUT2D eigenvalue weighted by atomic mass is 10.1. The second-order valence-corrected chi connectivity index (χ2v) is 4.69. The molecule has 0 aromatic heterocycles. The van der Waals surface area contributed by atoms with Crippen molar-refractivity contribution in [2.24, 2.45) is 0 Å². The molecule has 20 heavy (non-hydrogen) atoms. The summed E-state index contributed by atoms with van der Waals surface area (Å²) >= 11 is 0. The molecule has 2 N–H and O–H groups in total. The lowest BCUT2D eigenvalue weighted by molar-refractivity contribution is -0.205. The van der Waals surface area contributed by atoms with Crippen LogP contribution in [0.2, 0.25) is 0 Å². The molecule has 4 nitrogen and oxygen atoms in total. The zero-order valence-electron chi connectivity index (χ0n) is 11.5. The standard InChI is InChI=1S/C13H17F3N2O2/c1-8-4-5-9(2)10(6-8)17-12(20)18(3)7-11(19)13(14,15)16/h4-6,11,19H,7H2,1-3H3,(H,17,20). The lowest BCUT2D eigenvalue weighted by Gasteiger charge is -2.23. The monoisotopic (exact) mass is 290 g/mol. The summed E-state index contributed by atoms with van der Waals surface area (Å²) < 4.78 is 36.6. The summed E-state index contributed by atoms with van der Waals surface area (Å²) in [5, 5.41) is 11.4. The van der Waals surface area contributed by atoms with Crippen LogP contribution >= 0.6 is 0 Å². The Morgan fingerprint density at radius 3 is 2.55 bits per heavy atom. The topological polar surface area (TPSA) is 52.6 Å². The van der Waals surface area contributed by atoms with E-state index >= 15 is 0 Å². The van der Waals surface area contributed by atoms with Gasteiger partial charge in [0.05, 0.1) is 6.54 Å². The van der Waals surface area contributed by atoms with E-state index in [0.29, 0.717) is 5.69 Å². The third-order valence-corrected chi connectivity index (χ3v) is 2.81. The lowest BCUT2D eigenvalue weighted by Crippen LogP contribution is -2.43. The number of hydrogen-bond donors (Lipinski definition) is 2. The van der Waals surface area contributed by atoms with Gasteiger partial charge < -0.3 is 15.3 Å². The van der Waals surface area contributed by atoms with Crippen molar-refractivity contribution in [2.45, 2.75) is 26.1 Å². The third-order valence-electron chi connectivity index (χ3n) is 2.81. The Hall–Kier alpha value is -1.76. The highest BCUT2D eigenvalue weighted by Crippen LogP contribution is 2.21. The summed E-state index contributed by atoms with van der Waals surface area (Å²) in [7, 11) is 1.19. The van der Waals surface area contributed by atoms with Crippen LogP contribution in [0.4, 0.5) is 23.7 Å². The minimum atomic E-state index is -4.74. The first-order valence-electron chi connectivity index (χ1n) is 5.95. The number of rotatable bonds is 3. The Morgan fingerprint density at radius 1 is 1.40 bits per heavy atom. The smallest absolute Gasteiger partial charge is 0.382 e. The molecular formula is C13H17F3N2O2. The fraction of sp³-hybridized carbons (Fsp3) is 0.462. The summed E-state index contributed by atoms with van der Waals surface area (Å²) in [5.41, 5.74) is 2.25. The number of hydrogen-bond acceptors (Lipinski definition) is 2. The molecule has 0 bridgehead atoms. The van der Waals surface area contributed by atoms with E-state index in [9.17, 15) is 18.0 Å². The van der Waals surface area contributed by atoms with E-state index in [1.807, 2.05) is 13.0 Å². The molecule has 0 aliphatic carbocycles. The van der Waals surface area contributed by atoms with Gasteiger partial charge in [0.2, 0.25) is 0 Å². The molecule has 1 atom stereocenters. The molecule has 0 fully saturated rings. The molecule has 0 radical (unpaired) electrons. The number of nitrogens with zero attached hydrogens (tertiary/aromatic N) is 1. The van der Waals surface area contributed by atoms with E-state index < -0.39 is 24.9 Å². The van der Waals surface area contributed by atoms with Crippen molar-refractivity contribution in [3.63, 3.8) is 0 Å². The number of benzene rings is 1. The van der Waals surface area contributed by atoms with Crippen LogP contribution < -0.4 is 5.32 Å². The van der Waals surface area contributed by atoms with Crippen molar-refractivity contribution in [3.8, 4) is 0 Å². The number of amides is 2. The van der Waals surface area contributed by atoms with Gasteiger partial charge in [0.15, 0.2) is 6.10 Å². The SMILES string of the molecule is Cc1ccc(C)c(NC(=O)N(C)CC(O)C(F)(F)F)c1. The highest BCUT2D eigenvalue weighted by molar-refractivity contribution is 5.90. The molecule has 0 saturated carbocycles. The van der Waals surface area contributed by atoms with Crippen molar-refractivity contribution in [1.82, 2.24) is 4.90 Å². The molecule has 0 heterocycles. The first kappa shape index (κ1) is 16.3. The molecule has 1 rings (SSSR count). The molecular weight excluding hydrogens is 273 g/mol. The van der Waals surface area contributed by atoms with Gasteiger partial charge in [-0.2, -0.15) is 13.2 Å². The maximum atomic E-state index is 12.2. The largest absolute Gasteiger partial charge is 0.416 e. The summed E-state index contributed by atoms with van der Waals surface area (Å²) in [6.07, 6.45) is -7.30. The molecule has 112 valence electrons. The molecule has 0 aliphatic rings. The molecule has 0 aliphatic heterocycles. The third kappa shape index (κ3) is 4.41. The highest BCUT2D eigenvalue weighted by atomic mass is 19.4. The number of carbonyl (C=O) groups excluding carboxylic acids is 1. The summed E-state index contributed by atoms with van der Waals surface area (Å²) in [6, 6.07) is 4.68. The van der Waals surface area contributed by atoms with Gasteiger partial charge >= 0.3 is 12.2 Å². The van der Waals surface area contributed by atoms with Crippen molar-refractivity contribution in [3.05, 3.63) is 29.3 Å². The van der Waals surface area contributed by atoms with Crippen molar-refractivity contribution in [2.75, 3.05) is 18.9 Å². The van der Waals surface area contributed by atoms with Gasteiger partial charge in [0, 0.05) is 12.7 Å². The van der Waals surface area contributed by atoms with E-state index in [4.69, 9.17) is 5.11 Å². The van der Waals surface area contributed by atoms with Gasteiger partial charge in [-0.15, -0.1) is 0 Å². The van der Waals surface area contributed by atoms with Gasteiger partial charge in [-0.25, -0.2) is 4.79 Å². The molecule has 2 amide bonds. The number of aryl methyl sites for hydroxylation is 2. The van der Waals surface area contributed by atoms with Gasteiger partial charge in [0.1, 0.15) is 0 Å². The predicted molar refractivity (Wildman–Crippen MR) is 69.6 cm³/mol. The molecule has 0 saturated heterocycles. The number of anilines is 1. The first-order chi connectivity index (χ1) is 9.11. The number of nitrogens with one attached hydrogen (secondary N) is 1. The Morgan fingerprint density at radius 2 is 2.00 bits per heavy atom. The average molecular weight is 290 g/mol. The second kappa shape index (κ2) is 6.13. The number of urea groups is 1. The Kier molecular flexibility index (Phi) is 4.99. The maximum Gasteiger partial charge on any atom is 0.416 e. The Labute approximate surface area is 115 Å². The van der Waals surface area contributed by atoms with Crippen LogP contribution in [0.5, 0.6) is 0 Å². The van der Waals surface area contributed by atoms with Gasteiger partial charge in [-0.05, 0) is 31.0 Å². The summed E-state index contributed by atoms with van der Waals surface area (Å²) in [4.78, 5) is 12.6. The number of alkyl halides is 3. The fourth-order valence-corrected chi connectivity index (χ4v) is 1.53. The van der Waals surface area contributed by atoms with E-state index in [2.05, 4.69) is 5.32 Å². The number of aliphatic hydroxyl groups is 1. The molecule has 1 aromatic carbocycles. The predicted octanol–water partition coefficient (Wildman–Crippen LogP) is 2.69. The number of likely N-dealkylation sites (N-methyl/N-ethyl adjacent to an activating group) is 1. The molecule has 1 unspecified atom stereocenters. The van der Waals surface area contributed by atoms with Crippen LogP contribution in [0.3, 0.4) is 0 Å². The van der Waals surface area contributed by atoms with Gasteiger partial charge in [-0.1, -0.05) is 12.1 Å². The Bertz CT molecular complexity index is 489. The first-order valence-corrected chi connectivity index (χ1v) is 5.95. The van der Waals surface area contributed by atoms with E-state index in [1.54, 1.807) is 19.1 Å². The minimum absolute atomic E-state index is 0.531. The van der Waals surface area contributed by atoms with E-state index in [-0.39, 0.29) is 0 Å². The second-order valence-electron chi connectivity index (χ2n) is 4.69. The number of halogens is 3. The van der Waals surface area contributed by atoms with E-state index in [0.717, 1.165) is 16.0 Å². The number of carbonyl (C=O) groups is 1.